The summed E-state index contributed by atoms with van der Waals surface area (Å²) < 4.78 is 0. The minimum absolute atomic E-state index is 0.488. The van der Waals surface area contributed by atoms with Crippen LogP contribution in [0.3, 0.4) is 0 Å². The zero-order valence-corrected chi connectivity index (χ0v) is 7.57. The van der Waals surface area contributed by atoms with Crippen molar-refractivity contribution >= 4 is 0 Å². The van der Waals surface area contributed by atoms with E-state index in [0.29, 0.717) is 10.8 Å². The highest BCUT2D eigenvalue weighted by molar-refractivity contribution is 5.02. The molecule has 0 fully saturated rings. The molecular formula is C10H18. The van der Waals surface area contributed by atoms with Crippen molar-refractivity contribution in [1.82, 2.24) is 0 Å². The normalized spacial score (nSPS) is 28.4. The van der Waals surface area contributed by atoms with E-state index >= 15 is 0 Å². The van der Waals surface area contributed by atoms with Gasteiger partial charge in [0, 0.05) is 0 Å². The van der Waals surface area contributed by atoms with Gasteiger partial charge in [0.05, 0.1) is 0 Å². The molecule has 0 aromatic heterocycles. The molecule has 1 aliphatic carbocycles. The van der Waals surface area contributed by atoms with E-state index < -0.39 is 0 Å². The van der Waals surface area contributed by atoms with Gasteiger partial charge >= 0.3 is 0 Å². The summed E-state index contributed by atoms with van der Waals surface area (Å²) in [6, 6.07) is 0. The summed E-state index contributed by atoms with van der Waals surface area (Å²) in [5, 5.41) is 0. The van der Waals surface area contributed by atoms with Crippen molar-refractivity contribution in [3.8, 4) is 0 Å². The number of rotatable bonds is 0. The van der Waals surface area contributed by atoms with Crippen molar-refractivity contribution in [3.05, 3.63) is 12.2 Å². The topological polar surface area (TPSA) is 0 Å². The van der Waals surface area contributed by atoms with Gasteiger partial charge in [0.25, 0.3) is 0 Å². The Labute approximate surface area is 64.3 Å². The standard InChI is InChI=1S/C10H18/c1-9(2)7-5-6-8-10(9,3)4/h5-6H,7-8H2,1-4H3. The second-order valence-electron chi connectivity index (χ2n) is 4.65. The average molecular weight is 138 g/mol. The first-order chi connectivity index (χ1) is 4.46. The smallest absolute Gasteiger partial charge is 0.0265 e. The quantitative estimate of drug-likeness (QED) is 0.450. The number of allylic oxidation sites excluding steroid dienone is 2. The lowest BCUT2D eigenvalue weighted by Crippen LogP contribution is -2.33. The van der Waals surface area contributed by atoms with Crippen LogP contribution in [-0.4, -0.2) is 0 Å². The molecule has 0 atom stereocenters. The molecule has 0 heteroatoms. The van der Waals surface area contributed by atoms with E-state index in [2.05, 4.69) is 39.8 Å². The van der Waals surface area contributed by atoms with Gasteiger partial charge in [0.1, 0.15) is 0 Å². The minimum atomic E-state index is 0.488. The van der Waals surface area contributed by atoms with Crippen LogP contribution in [0.5, 0.6) is 0 Å². The molecule has 58 valence electrons. The van der Waals surface area contributed by atoms with Crippen molar-refractivity contribution < 1.29 is 0 Å². The molecular weight excluding hydrogens is 120 g/mol. The SMILES string of the molecule is CC1(C)CC=CCC1(C)C. The van der Waals surface area contributed by atoms with Crippen molar-refractivity contribution in [2.75, 3.05) is 0 Å². The Kier molecular flexibility index (Phi) is 1.66. The van der Waals surface area contributed by atoms with Crippen LogP contribution in [0.1, 0.15) is 40.5 Å². The van der Waals surface area contributed by atoms with E-state index in [0.717, 1.165) is 0 Å². The molecule has 0 bridgehead atoms. The molecule has 1 rings (SSSR count). The van der Waals surface area contributed by atoms with Gasteiger partial charge in [-0.05, 0) is 23.7 Å². The molecule has 0 aromatic carbocycles. The summed E-state index contributed by atoms with van der Waals surface area (Å²) in [6.45, 7) is 9.43. The molecule has 0 amide bonds. The van der Waals surface area contributed by atoms with Crippen LogP contribution >= 0.6 is 0 Å². The maximum atomic E-state index is 2.36. The van der Waals surface area contributed by atoms with Gasteiger partial charge in [-0.1, -0.05) is 39.8 Å². The zero-order chi connectivity index (χ0) is 7.83. The lowest BCUT2D eigenvalue weighted by molar-refractivity contribution is 0.107. The fourth-order valence-electron chi connectivity index (χ4n) is 1.31. The van der Waals surface area contributed by atoms with Gasteiger partial charge in [-0.15, -0.1) is 0 Å². The van der Waals surface area contributed by atoms with Crippen LogP contribution in [0.25, 0.3) is 0 Å². The molecule has 0 aromatic rings. The summed E-state index contributed by atoms with van der Waals surface area (Å²) in [7, 11) is 0. The van der Waals surface area contributed by atoms with Gasteiger partial charge in [-0.25, -0.2) is 0 Å². The van der Waals surface area contributed by atoms with Gasteiger partial charge in [-0.3, -0.25) is 0 Å². The molecule has 0 spiro atoms. The monoisotopic (exact) mass is 138 g/mol. The molecule has 10 heavy (non-hydrogen) atoms. The fraction of sp³-hybridized carbons (Fsp3) is 0.800. The molecule has 0 saturated carbocycles. The van der Waals surface area contributed by atoms with Gasteiger partial charge < -0.3 is 0 Å². The molecule has 0 radical (unpaired) electrons. The molecule has 0 nitrogen and oxygen atoms in total. The van der Waals surface area contributed by atoms with E-state index in [4.69, 9.17) is 0 Å². The molecule has 0 heterocycles. The van der Waals surface area contributed by atoms with Crippen LogP contribution in [0.2, 0.25) is 0 Å². The second-order valence-corrected chi connectivity index (χ2v) is 4.65. The first kappa shape index (κ1) is 7.84. The van der Waals surface area contributed by atoms with Crippen molar-refractivity contribution in [2.45, 2.75) is 40.5 Å². The lowest BCUT2D eigenvalue weighted by atomic mass is 9.62. The van der Waals surface area contributed by atoms with Gasteiger partial charge in [0.2, 0.25) is 0 Å². The first-order valence-corrected chi connectivity index (χ1v) is 4.11. The molecule has 0 unspecified atom stereocenters. The van der Waals surface area contributed by atoms with Crippen LogP contribution in [0, 0.1) is 10.8 Å². The van der Waals surface area contributed by atoms with Crippen molar-refractivity contribution in [1.29, 1.82) is 0 Å². The Morgan fingerprint density at radius 1 is 0.800 bits per heavy atom. The third-order valence-electron chi connectivity index (χ3n) is 3.26. The van der Waals surface area contributed by atoms with Crippen LogP contribution < -0.4 is 0 Å². The zero-order valence-electron chi connectivity index (χ0n) is 7.57. The first-order valence-electron chi connectivity index (χ1n) is 4.11. The van der Waals surface area contributed by atoms with Gasteiger partial charge in [-0.2, -0.15) is 0 Å². The van der Waals surface area contributed by atoms with Crippen molar-refractivity contribution in [3.63, 3.8) is 0 Å². The molecule has 0 saturated heterocycles. The van der Waals surface area contributed by atoms with Crippen LogP contribution in [0.15, 0.2) is 12.2 Å². The molecule has 0 N–H and O–H groups in total. The Bertz CT molecular complexity index is 131. The summed E-state index contributed by atoms with van der Waals surface area (Å²) in [5.41, 5.74) is 0.976. The Balaban J connectivity index is 2.84. The summed E-state index contributed by atoms with van der Waals surface area (Å²) in [4.78, 5) is 0. The van der Waals surface area contributed by atoms with E-state index in [-0.39, 0.29) is 0 Å². The van der Waals surface area contributed by atoms with Gasteiger partial charge in [0.15, 0.2) is 0 Å². The number of hydrogen-bond acceptors (Lipinski definition) is 0. The Morgan fingerprint density at radius 2 is 1.10 bits per heavy atom. The van der Waals surface area contributed by atoms with Crippen LogP contribution in [-0.2, 0) is 0 Å². The van der Waals surface area contributed by atoms with Crippen molar-refractivity contribution in [2.24, 2.45) is 10.8 Å². The number of hydrogen-bond donors (Lipinski definition) is 0. The lowest BCUT2D eigenvalue weighted by Gasteiger charge is -2.43. The molecule has 0 aliphatic heterocycles. The maximum Gasteiger partial charge on any atom is -0.0265 e. The predicted octanol–water partition coefficient (Wildman–Crippen LogP) is 3.39. The predicted molar refractivity (Wildman–Crippen MR) is 45.9 cm³/mol. The highest BCUT2D eigenvalue weighted by Gasteiger charge is 2.36. The average Bonchev–Trinajstić information content (AvgIpc) is 1.77. The maximum absolute atomic E-state index is 2.36. The minimum Gasteiger partial charge on any atom is -0.0880 e. The second kappa shape index (κ2) is 2.11. The van der Waals surface area contributed by atoms with Crippen LogP contribution in [0.4, 0.5) is 0 Å². The Hall–Kier alpha value is -0.260. The Morgan fingerprint density at radius 3 is 1.30 bits per heavy atom. The highest BCUT2D eigenvalue weighted by atomic mass is 14.4. The summed E-state index contributed by atoms with van der Waals surface area (Å²) in [6.07, 6.45) is 7.09. The third kappa shape index (κ3) is 1.12. The molecule has 1 aliphatic rings. The van der Waals surface area contributed by atoms with E-state index in [1.807, 2.05) is 0 Å². The fourth-order valence-corrected chi connectivity index (χ4v) is 1.31. The van der Waals surface area contributed by atoms with E-state index in [9.17, 15) is 0 Å². The third-order valence-corrected chi connectivity index (χ3v) is 3.26. The summed E-state index contributed by atoms with van der Waals surface area (Å²) >= 11 is 0. The van der Waals surface area contributed by atoms with E-state index in [1.54, 1.807) is 0 Å². The summed E-state index contributed by atoms with van der Waals surface area (Å²) in [5.74, 6) is 0. The highest BCUT2D eigenvalue weighted by Crippen LogP contribution is 2.46. The largest absolute Gasteiger partial charge is 0.0880 e. The van der Waals surface area contributed by atoms with E-state index in [1.165, 1.54) is 12.8 Å².